The summed E-state index contributed by atoms with van der Waals surface area (Å²) in [6.07, 6.45) is 0. The zero-order chi connectivity index (χ0) is 23.9. The van der Waals surface area contributed by atoms with Gasteiger partial charge < -0.3 is 19.2 Å². The zero-order valence-corrected chi connectivity index (χ0v) is 18.9. The molecule has 0 spiro atoms. The second-order valence-electron chi connectivity index (χ2n) is 8.10. The normalized spacial score (nSPS) is 17.8. The number of hydrogen-bond donors (Lipinski definition) is 1. The van der Waals surface area contributed by atoms with Crippen LogP contribution in [0.3, 0.4) is 0 Å². The van der Waals surface area contributed by atoms with E-state index in [-0.39, 0.29) is 18.3 Å². The number of benzene rings is 3. The first kappa shape index (κ1) is 21.4. The lowest BCUT2D eigenvalue weighted by Gasteiger charge is -2.22. The van der Waals surface area contributed by atoms with Crippen LogP contribution in [-0.2, 0) is 16.9 Å². The molecule has 1 fully saturated rings. The number of hydrogen-bond acceptors (Lipinski definition) is 7. The molecule has 172 valence electrons. The Kier molecular flexibility index (Phi) is 5.16. The lowest BCUT2D eigenvalue weighted by Crippen LogP contribution is -2.40. The van der Waals surface area contributed by atoms with Crippen LogP contribution < -0.4 is 14.8 Å². The number of imide groups is 1. The number of aromatic nitrogens is 2. The van der Waals surface area contributed by atoms with Gasteiger partial charge in [0, 0.05) is 5.56 Å². The number of amides is 3. The average Bonchev–Trinajstić information content (AvgIpc) is 3.42. The molecule has 2 heterocycles. The van der Waals surface area contributed by atoms with Gasteiger partial charge in [0.1, 0.15) is 23.6 Å². The SMILES string of the molecule is COc1ccc(-c2nnc(CN3C(=O)NC(C)(c4ccc5cc(OC)ccc5c4)C3=O)o2)cc1. The Hall–Kier alpha value is -4.40. The van der Waals surface area contributed by atoms with Gasteiger partial charge in [-0.2, -0.15) is 0 Å². The number of methoxy groups -OCH3 is 2. The molecule has 1 saturated heterocycles. The first-order valence-electron chi connectivity index (χ1n) is 10.6. The average molecular weight is 458 g/mol. The predicted molar refractivity (Wildman–Crippen MR) is 123 cm³/mol. The van der Waals surface area contributed by atoms with Gasteiger partial charge in [0.2, 0.25) is 11.8 Å². The van der Waals surface area contributed by atoms with Crippen LogP contribution in [0, 0.1) is 0 Å². The molecule has 0 bridgehead atoms. The molecular weight excluding hydrogens is 436 g/mol. The molecule has 1 unspecified atom stereocenters. The topological polar surface area (TPSA) is 107 Å². The van der Waals surface area contributed by atoms with Gasteiger partial charge in [-0.3, -0.25) is 9.69 Å². The molecule has 3 aromatic carbocycles. The van der Waals surface area contributed by atoms with Gasteiger partial charge in [-0.15, -0.1) is 10.2 Å². The fourth-order valence-electron chi connectivity index (χ4n) is 4.00. The van der Waals surface area contributed by atoms with Gasteiger partial charge in [-0.25, -0.2) is 4.79 Å². The summed E-state index contributed by atoms with van der Waals surface area (Å²) >= 11 is 0. The second-order valence-corrected chi connectivity index (χ2v) is 8.10. The molecule has 5 rings (SSSR count). The van der Waals surface area contributed by atoms with Gasteiger partial charge in [-0.05, 0) is 65.7 Å². The van der Waals surface area contributed by atoms with Crippen molar-refractivity contribution in [3.63, 3.8) is 0 Å². The molecule has 9 nitrogen and oxygen atoms in total. The molecule has 4 aromatic rings. The highest BCUT2D eigenvalue weighted by molar-refractivity contribution is 6.07. The van der Waals surface area contributed by atoms with E-state index in [9.17, 15) is 9.59 Å². The molecule has 1 atom stereocenters. The Morgan fingerprint density at radius 2 is 1.59 bits per heavy atom. The third-order valence-corrected chi connectivity index (χ3v) is 6.00. The highest BCUT2D eigenvalue weighted by Gasteiger charge is 2.49. The highest BCUT2D eigenvalue weighted by Crippen LogP contribution is 2.33. The van der Waals surface area contributed by atoms with Crippen molar-refractivity contribution in [2.45, 2.75) is 19.0 Å². The van der Waals surface area contributed by atoms with E-state index in [1.807, 2.05) is 36.4 Å². The first-order chi connectivity index (χ1) is 16.4. The van der Waals surface area contributed by atoms with Crippen LogP contribution in [0.15, 0.2) is 65.1 Å². The summed E-state index contributed by atoms with van der Waals surface area (Å²) in [7, 11) is 3.20. The molecule has 3 amide bonds. The minimum Gasteiger partial charge on any atom is -0.497 e. The Balaban J connectivity index is 1.38. The minimum atomic E-state index is -1.22. The van der Waals surface area contributed by atoms with Crippen LogP contribution in [0.25, 0.3) is 22.2 Å². The fourth-order valence-corrected chi connectivity index (χ4v) is 4.00. The number of rotatable bonds is 6. The zero-order valence-electron chi connectivity index (χ0n) is 18.9. The number of carbonyl (C=O) groups is 2. The second kappa shape index (κ2) is 8.18. The van der Waals surface area contributed by atoms with Crippen LogP contribution >= 0.6 is 0 Å². The molecule has 1 N–H and O–H groups in total. The van der Waals surface area contributed by atoms with Crippen molar-refractivity contribution in [3.8, 4) is 23.0 Å². The van der Waals surface area contributed by atoms with Gasteiger partial charge in [0.15, 0.2) is 0 Å². The van der Waals surface area contributed by atoms with E-state index >= 15 is 0 Å². The van der Waals surface area contributed by atoms with Gasteiger partial charge in [-0.1, -0.05) is 18.2 Å². The van der Waals surface area contributed by atoms with E-state index in [0.29, 0.717) is 16.9 Å². The van der Waals surface area contributed by atoms with E-state index < -0.39 is 17.5 Å². The van der Waals surface area contributed by atoms with Crippen molar-refractivity contribution >= 4 is 22.7 Å². The van der Waals surface area contributed by atoms with Gasteiger partial charge in [0.05, 0.1) is 14.2 Å². The number of urea groups is 1. The Labute approximate surface area is 195 Å². The summed E-state index contributed by atoms with van der Waals surface area (Å²) in [4.78, 5) is 27.2. The van der Waals surface area contributed by atoms with E-state index in [1.54, 1.807) is 45.4 Å². The summed E-state index contributed by atoms with van der Waals surface area (Å²) in [6.45, 7) is 1.56. The maximum absolute atomic E-state index is 13.3. The van der Waals surface area contributed by atoms with Crippen molar-refractivity contribution < 1.29 is 23.5 Å². The van der Waals surface area contributed by atoms with Crippen molar-refractivity contribution in [1.82, 2.24) is 20.4 Å². The lowest BCUT2D eigenvalue weighted by molar-refractivity contribution is -0.131. The van der Waals surface area contributed by atoms with Crippen LogP contribution in [0.4, 0.5) is 4.79 Å². The van der Waals surface area contributed by atoms with Gasteiger partial charge >= 0.3 is 6.03 Å². The van der Waals surface area contributed by atoms with E-state index in [2.05, 4.69) is 15.5 Å². The molecule has 0 saturated carbocycles. The maximum atomic E-state index is 13.3. The van der Waals surface area contributed by atoms with Crippen molar-refractivity contribution in [2.24, 2.45) is 0 Å². The maximum Gasteiger partial charge on any atom is 0.325 e. The molecule has 1 aromatic heterocycles. The Morgan fingerprint density at radius 1 is 0.912 bits per heavy atom. The molecule has 1 aliphatic heterocycles. The lowest BCUT2D eigenvalue weighted by atomic mass is 9.90. The molecular formula is C25H22N4O5. The minimum absolute atomic E-state index is 0.131. The third-order valence-electron chi connectivity index (χ3n) is 6.00. The number of ether oxygens (including phenoxy) is 2. The standard InChI is InChI=1S/C25H22N4O5/c1-25(18-8-4-17-13-20(33-3)11-7-16(17)12-18)23(30)29(24(31)26-25)14-21-27-28-22(34-21)15-5-9-19(32-2)10-6-15/h4-13H,14H2,1-3H3,(H,26,31). The van der Waals surface area contributed by atoms with Gasteiger partial charge in [0.25, 0.3) is 5.91 Å². The molecule has 34 heavy (non-hydrogen) atoms. The summed E-state index contributed by atoms with van der Waals surface area (Å²) < 4.78 is 16.1. The Morgan fingerprint density at radius 3 is 2.32 bits per heavy atom. The molecule has 9 heteroatoms. The van der Waals surface area contributed by atoms with Crippen LogP contribution in [0.2, 0.25) is 0 Å². The highest BCUT2D eigenvalue weighted by atomic mass is 16.5. The quantitative estimate of drug-likeness (QED) is 0.437. The monoisotopic (exact) mass is 458 g/mol. The number of fused-ring (bicyclic) bond motifs is 1. The van der Waals surface area contributed by atoms with Crippen LogP contribution in [0.1, 0.15) is 18.4 Å². The number of carbonyl (C=O) groups excluding carboxylic acids is 2. The third kappa shape index (κ3) is 3.61. The number of nitrogens with zero attached hydrogens (tertiary/aromatic N) is 3. The summed E-state index contributed by atoms with van der Waals surface area (Å²) in [5.41, 5.74) is 0.161. The van der Waals surface area contributed by atoms with Crippen molar-refractivity contribution in [3.05, 3.63) is 72.1 Å². The fraction of sp³-hybridized carbons (Fsp3) is 0.200. The summed E-state index contributed by atoms with van der Waals surface area (Å²) in [5, 5.41) is 12.8. The predicted octanol–water partition coefficient (Wildman–Crippen LogP) is 3.87. The largest absolute Gasteiger partial charge is 0.497 e. The Bertz CT molecular complexity index is 1400. The summed E-state index contributed by atoms with van der Waals surface area (Å²) in [6, 6.07) is 17.9. The summed E-state index contributed by atoms with van der Waals surface area (Å²) in [5.74, 6) is 1.50. The van der Waals surface area contributed by atoms with E-state index in [4.69, 9.17) is 13.9 Å². The van der Waals surface area contributed by atoms with E-state index in [0.717, 1.165) is 21.4 Å². The van der Waals surface area contributed by atoms with Crippen molar-refractivity contribution in [1.29, 1.82) is 0 Å². The first-order valence-corrected chi connectivity index (χ1v) is 10.6. The van der Waals surface area contributed by atoms with Crippen molar-refractivity contribution in [2.75, 3.05) is 14.2 Å². The van der Waals surface area contributed by atoms with E-state index in [1.165, 1.54) is 0 Å². The van der Waals surface area contributed by atoms with Crippen LogP contribution in [0.5, 0.6) is 11.5 Å². The van der Waals surface area contributed by atoms with Crippen LogP contribution in [-0.4, -0.2) is 41.3 Å². The smallest absolute Gasteiger partial charge is 0.325 e. The molecule has 0 aliphatic carbocycles. The molecule has 0 radical (unpaired) electrons. The molecule has 1 aliphatic rings. The number of nitrogens with one attached hydrogen (secondary N) is 1.